The fourth-order valence-corrected chi connectivity index (χ4v) is 2.01. The molecule has 110 valence electrons. The molecule has 1 aliphatic rings. The summed E-state index contributed by atoms with van der Waals surface area (Å²) in [6.07, 6.45) is 0.963. The Hall–Kier alpha value is -1.90. The smallest absolute Gasteiger partial charge is 0.324 e. The molecular weight excluding hydrogens is 282 g/mol. The quantitative estimate of drug-likeness (QED) is 0.521. The van der Waals surface area contributed by atoms with Gasteiger partial charge in [0.2, 0.25) is 11.6 Å². The molecule has 2 heterocycles. The third kappa shape index (κ3) is 2.53. The first-order valence-electron chi connectivity index (χ1n) is 5.76. The maximum Gasteiger partial charge on any atom is 0.324 e. The van der Waals surface area contributed by atoms with E-state index in [9.17, 15) is 22.4 Å². The van der Waals surface area contributed by atoms with Crippen LogP contribution >= 0.6 is 0 Å². The first-order chi connectivity index (χ1) is 9.45. The van der Waals surface area contributed by atoms with Crippen molar-refractivity contribution in [3.8, 4) is 0 Å². The highest BCUT2D eigenvalue weighted by molar-refractivity contribution is 5.76. The van der Waals surface area contributed by atoms with Gasteiger partial charge in [-0.2, -0.15) is 22.5 Å². The van der Waals surface area contributed by atoms with Gasteiger partial charge in [0, 0.05) is 6.54 Å². The summed E-state index contributed by atoms with van der Waals surface area (Å²) < 4.78 is 57.4. The normalized spacial score (nSPS) is 19.1. The predicted molar refractivity (Wildman–Crippen MR) is 59.4 cm³/mol. The number of hydrogen-bond acceptors (Lipinski definition) is 5. The molecule has 1 N–H and O–H groups in total. The molecule has 9 heteroatoms. The zero-order valence-corrected chi connectivity index (χ0v) is 10.4. The number of carbonyl (C=O) groups excluding carboxylic acids is 1. The lowest BCUT2D eigenvalue weighted by Gasteiger charge is -2.24. The second-order valence-electron chi connectivity index (χ2n) is 4.18. The Balaban J connectivity index is 2.28. The van der Waals surface area contributed by atoms with E-state index in [1.54, 1.807) is 0 Å². The number of ether oxygens (including phenoxy) is 1. The summed E-state index contributed by atoms with van der Waals surface area (Å²) in [6.45, 7) is 0.268. The van der Waals surface area contributed by atoms with Gasteiger partial charge in [0.15, 0.2) is 0 Å². The SMILES string of the molecule is COC(=O)C1CCCN1Nc1c(F)c(F)nc(F)c1F. The van der Waals surface area contributed by atoms with Crippen LogP contribution in [0.1, 0.15) is 12.8 Å². The number of methoxy groups -OCH3 is 1. The Morgan fingerprint density at radius 2 is 1.90 bits per heavy atom. The molecule has 1 fully saturated rings. The number of pyridine rings is 1. The number of nitrogens with one attached hydrogen (secondary N) is 1. The van der Waals surface area contributed by atoms with Gasteiger partial charge in [-0.25, -0.2) is 5.01 Å². The van der Waals surface area contributed by atoms with Crippen LogP contribution in [0.3, 0.4) is 0 Å². The molecule has 0 radical (unpaired) electrons. The molecule has 5 nitrogen and oxygen atoms in total. The molecule has 0 spiro atoms. The lowest BCUT2D eigenvalue weighted by atomic mass is 10.2. The van der Waals surface area contributed by atoms with Crippen molar-refractivity contribution in [2.24, 2.45) is 0 Å². The number of carbonyl (C=O) groups is 1. The standard InChI is InChI=1S/C11H11F4N3O2/c1-20-11(19)5-3-2-4-18(5)17-8-6(12)9(14)16-10(15)7(8)13/h5H,2-4H2,1H3,(H,16,17). The second kappa shape index (κ2) is 5.61. The van der Waals surface area contributed by atoms with Gasteiger partial charge in [-0.15, -0.1) is 0 Å². The Morgan fingerprint density at radius 3 is 2.45 bits per heavy atom. The number of hydrazine groups is 1. The molecular formula is C11H11F4N3O2. The van der Waals surface area contributed by atoms with Crippen molar-refractivity contribution < 1.29 is 27.1 Å². The van der Waals surface area contributed by atoms with E-state index in [0.717, 1.165) is 0 Å². The number of anilines is 1. The fourth-order valence-electron chi connectivity index (χ4n) is 2.01. The van der Waals surface area contributed by atoms with E-state index in [4.69, 9.17) is 0 Å². The summed E-state index contributed by atoms with van der Waals surface area (Å²) in [5.74, 6) is -7.44. The molecule has 0 aliphatic carbocycles. The average molecular weight is 293 g/mol. The van der Waals surface area contributed by atoms with Gasteiger partial charge in [-0.1, -0.05) is 0 Å². The molecule has 1 atom stereocenters. The number of halogens is 4. The van der Waals surface area contributed by atoms with Crippen molar-refractivity contribution in [1.29, 1.82) is 0 Å². The maximum absolute atomic E-state index is 13.5. The third-order valence-corrected chi connectivity index (χ3v) is 2.98. The molecule has 0 saturated carbocycles. The zero-order valence-electron chi connectivity index (χ0n) is 10.4. The molecule has 1 saturated heterocycles. The number of hydrogen-bond donors (Lipinski definition) is 1. The van der Waals surface area contributed by atoms with Crippen LogP contribution in [-0.4, -0.2) is 35.7 Å². The van der Waals surface area contributed by atoms with Crippen LogP contribution in [0.5, 0.6) is 0 Å². The van der Waals surface area contributed by atoms with E-state index in [1.165, 1.54) is 12.1 Å². The summed E-state index contributed by atoms with van der Waals surface area (Å²) in [6, 6.07) is -0.780. The van der Waals surface area contributed by atoms with Crippen LogP contribution in [0.4, 0.5) is 23.2 Å². The van der Waals surface area contributed by atoms with E-state index in [-0.39, 0.29) is 6.54 Å². The summed E-state index contributed by atoms with van der Waals surface area (Å²) in [5.41, 5.74) is 1.16. The van der Waals surface area contributed by atoms with Gasteiger partial charge in [0.25, 0.3) is 11.9 Å². The Labute approximate surface area is 111 Å². The van der Waals surface area contributed by atoms with E-state index in [2.05, 4.69) is 15.1 Å². The Bertz CT molecular complexity index is 515. The van der Waals surface area contributed by atoms with Crippen LogP contribution in [0.2, 0.25) is 0 Å². The lowest BCUT2D eigenvalue weighted by molar-refractivity contribution is -0.145. The topological polar surface area (TPSA) is 54.5 Å². The van der Waals surface area contributed by atoms with Gasteiger partial charge in [0.1, 0.15) is 11.7 Å². The minimum Gasteiger partial charge on any atom is -0.468 e. The largest absolute Gasteiger partial charge is 0.468 e. The van der Waals surface area contributed by atoms with E-state index in [1.807, 2.05) is 0 Å². The predicted octanol–water partition coefficient (Wildman–Crippen LogP) is 1.60. The Kier molecular flexibility index (Phi) is 4.07. The van der Waals surface area contributed by atoms with Crippen molar-refractivity contribution in [3.05, 3.63) is 23.5 Å². The van der Waals surface area contributed by atoms with Crippen molar-refractivity contribution in [3.63, 3.8) is 0 Å². The highest BCUT2D eigenvalue weighted by atomic mass is 19.2. The van der Waals surface area contributed by atoms with Crippen LogP contribution in [0.15, 0.2) is 0 Å². The summed E-state index contributed by atoms with van der Waals surface area (Å²) >= 11 is 0. The third-order valence-electron chi connectivity index (χ3n) is 2.98. The van der Waals surface area contributed by atoms with Crippen LogP contribution < -0.4 is 5.43 Å². The fraction of sp³-hybridized carbons (Fsp3) is 0.455. The van der Waals surface area contributed by atoms with E-state index in [0.29, 0.717) is 12.8 Å². The minimum absolute atomic E-state index is 0.268. The first-order valence-corrected chi connectivity index (χ1v) is 5.76. The van der Waals surface area contributed by atoms with Crippen molar-refractivity contribution in [2.75, 3.05) is 19.1 Å². The van der Waals surface area contributed by atoms with Crippen LogP contribution in [0, 0.1) is 23.5 Å². The molecule has 0 aromatic carbocycles. The molecule has 2 rings (SSSR count). The molecule has 1 aliphatic heterocycles. The van der Waals surface area contributed by atoms with Crippen molar-refractivity contribution >= 4 is 11.7 Å². The van der Waals surface area contributed by atoms with E-state index >= 15 is 0 Å². The van der Waals surface area contributed by atoms with Crippen molar-refractivity contribution in [2.45, 2.75) is 18.9 Å². The lowest BCUT2D eigenvalue weighted by Crippen LogP contribution is -2.41. The molecule has 20 heavy (non-hydrogen) atoms. The monoisotopic (exact) mass is 293 g/mol. The average Bonchev–Trinajstić information content (AvgIpc) is 2.88. The number of aromatic nitrogens is 1. The highest BCUT2D eigenvalue weighted by Gasteiger charge is 2.33. The van der Waals surface area contributed by atoms with Gasteiger partial charge in [-0.05, 0) is 12.8 Å². The second-order valence-corrected chi connectivity index (χ2v) is 4.18. The van der Waals surface area contributed by atoms with Crippen molar-refractivity contribution in [1.82, 2.24) is 9.99 Å². The molecule has 1 unspecified atom stereocenters. The molecule has 0 bridgehead atoms. The van der Waals surface area contributed by atoms with Gasteiger partial charge in [-0.3, -0.25) is 4.79 Å². The number of rotatable bonds is 3. The van der Waals surface area contributed by atoms with Gasteiger partial charge >= 0.3 is 5.97 Å². The van der Waals surface area contributed by atoms with Crippen LogP contribution in [-0.2, 0) is 9.53 Å². The first kappa shape index (κ1) is 14.5. The Morgan fingerprint density at radius 1 is 1.30 bits per heavy atom. The van der Waals surface area contributed by atoms with E-state index < -0.39 is 41.2 Å². The zero-order chi connectivity index (χ0) is 14.9. The van der Waals surface area contributed by atoms with Gasteiger partial charge < -0.3 is 10.2 Å². The van der Waals surface area contributed by atoms with Crippen LogP contribution in [0.25, 0.3) is 0 Å². The minimum atomic E-state index is -1.76. The molecule has 0 amide bonds. The number of nitrogens with zero attached hydrogens (tertiary/aromatic N) is 2. The summed E-state index contributed by atoms with van der Waals surface area (Å²) in [4.78, 5) is 13.9. The molecule has 1 aromatic rings. The highest BCUT2D eigenvalue weighted by Crippen LogP contribution is 2.26. The summed E-state index contributed by atoms with van der Waals surface area (Å²) in [7, 11) is 1.17. The maximum atomic E-state index is 13.5. The molecule has 1 aromatic heterocycles. The summed E-state index contributed by atoms with van der Waals surface area (Å²) in [5, 5.41) is 1.17. The number of esters is 1. The van der Waals surface area contributed by atoms with Gasteiger partial charge in [0.05, 0.1) is 7.11 Å².